The summed E-state index contributed by atoms with van der Waals surface area (Å²) in [6.45, 7) is 0. The van der Waals surface area contributed by atoms with Crippen molar-refractivity contribution in [3.05, 3.63) is 42.0 Å². The molecule has 1 aromatic heterocycles. The lowest BCUT2D eigenvalue weighted by molar-refractivity contribution is 0.0594. The average molecular weight is 234 g/mol. The van der Waals surface area contributed by atoms with E-state index in [1.165, 1.54) is 23.9 Å². The van der Waals surface area contributed by atoms with E-state index in [0.717, 1.165) is 0 Å². The summed E-state index contributed by atoms with van der Waals surface area (Å²) in [4.78, 5) is 11.5. The minimum atomic E-state index is -0.537. The maximum atomic E-state index is 13.1. The van der Waals surface area contributed by atoms with Crippen molar-refractivity contribution in [3.63, 3.8) is 0 Å². The van der Waals surface area contributed by atoms with Gasteiger partial charge in [0.05, 0.1) is 7.11 Å². The minimum absolute atomic E-state index is 0.181. The van der Waals surface area contributed by atoms with Crippen LogP contribution in [0.4, 0.5) is 4.39 Å². The minimum Gasteiger partial charge on any atom is -0.464 e. The number of methoxy groups -OCH3 is 1. The van der Waals surface area contributed by atoms with E-state index >= 15 is 0 Å². The highest BCUT2D eigenvalue weighted by molar-refractivity contribution is 5.95. The third kappa shape index (κ3) is 2.18. The fourth-order valence-electron chi connectivity index (χ4n) is 1.60. The van der Waals surface area contributed by atoms with Gasteiger partial charge in [-0.2, -0.15) is 5.10 Å². The van der Waals surface area contributed by atoms with Crippen molar-refractivity contribution >= 4 is 5.97 Å². The molecule has 0 saturated heterocycles. The van der Waals surface area contributed by atoms with Gasteiger partial charge in [0.25, 0.3) is 0 Å². The van der Waals surface area contributed by atoms with Gasteiger partial charge in [-0.3, -0.25) is 4.68 Å². The molecule has 0 saturated carbocycles. The van der Waals surface area contributed by atoms with E-state index in [4.69, 9.17) is 0 Å². The van der Waals surface area contributed by atoms with Crippen molar-refractivity contribution in [1.82, 2.24) is 9.78 Å². The number of benzene rings is 1. The Balaban J connectivity index is 2.55. The molecule has 0 unspecified atom stereocenters. The van der Waals surface area contributed by atoms with Crippen LogP contribution in [0.2, 0.25) is 0 Å². The summed E-state index contributed by atoms with van der Waals surface area (Å²) < 4.78 is 19.3. The van der Waals surface area contributed by atoms with Gasteiger partial charge in [0.1, 0.15) is 5.82 Å². The summed E-state index contributed by atoms with van der Waals surface area (Å²) in [5.74, 6) is -0.896. The standard InChI is InChI=1S/C12H11FN2O2/c1-15-7-10(11(14-15)12(16)17-2)8-4-3-5-9(13)6-8/h3-7H,1-2H3. The van der Waals surface area contributed by atoms with Crippen LogP contribution < -0.4 is 0 Å². The zero-order chi connectivity index (χ0) is 12.4. The third-order valence-corrected chi connectivity index (χ3v) is 2.34. The lowest BCUT2D eigenvalue weighted by atomic mass is 10.1. The van der Waals surface area contributed by atoms with Crippen LogP contribution in [0.25, 0.3) is 11.1 Å². The van der Waals surface area contributed by atoms with Crippen LogP contribution >= 0.6 is 0 Å². The molecule has 0 spiro atoms. The molecule has 0 aliphatic rings. The molecule has 0 aliphatic carbocycles. The van der Waals surface area contributed by atoms with Gasteiger partial charge >= 0.3 is 5.97 Å². The van der Waals surface area contributed by atoms with Gasteiger partial charge in [0.2, 0.25) is 0 Å². The second-order valence-corrected chi connectivity index (χ2v) is 3.57. The van der Waals surface area contributed by atoms with Crippen molar-refractivity contribution in [2.75, 3.05) is 7.11 Å². The van der Waals surface area contributed by atoms with Crippen LogP contribution in [-0.2, 0) is 11.8 Å². The number of aryl methyl sites for hydroxylation is 1. The SMILES string of the molecule is COC(=O)c1nn(C)cc1-c1cccc(F)c1. The summed E-state index contributed by atoms with van der Waals surface area (Å²) in [5.41, 5.74) is 1.33. The van der Waals surface area contributed by atoms with E-state index in [2.05, 4.69) is 9.84 Å². The molecule has 0 N–H and O–H groups in total. The Bertz CT molecular complexity index is 563. The van der Waals surface area contributed by atoms with E-state index in [1.807, 2.05) is 0 Å². The summed E-state index contributed by atoms with van der Waals surface area (Å²) in [6.07, 6.45) is 1.65. The number of hydrogen-bond donors (Lipinski definition) is 0. The van der Waals surface area contributed by atoms with Crippen LogP contribution in [0.15, 0.2) is 30.5 Å². The zero-order valence-corrected chi connectivity index (χ0v) is 9.48. The Labute approximate surface area is 97.6 Å². The molecule has 1 heterocycles. The van der Waals surface area contributed by atoms with Gasteiger partial charge in [-0.1, -0.05) is 12.1 Å². The van der Waals surface area contributed by atoms with Crippen LogP contribution in [0.1, 0.15) is 10.5 Å². The Morgan fingerprint density at radius 2 is 2.24 bits per heavy atom. The van der Waals surface area contributed by atoms with Crippen molar-refractivity contribution in [1.29, 1.82) is 0 Å². The first-order chi connectivity index (χ1) is 8.11. The molecule has 0 fully saturated rings. The number of carbonyl (C=O) groups is 1. The molecule has 0 radical (unpaired) electrons. The Kier molecular flexibility index (Phi) is 2.91. The Hall–Kier alpha value is -2.17. The summed E-state index contributed by atoms with van der Waals surface area (Å²) >= 11 is 0. The smallest absolute Gasteiger partial charge is 0.359 e. The van der Waals surface area contributed by atoms with Crippen molar-refractivity contribution in [2.45, 2.75) is 0 Å². The molecule has 88 valence electrons. The normalized spacial score (nSPS) is 10.3. The maximum Gasteiger partial charge on any atom is 0.359 e. The fourth-order valence-corrected chi connectivity index (χ4v) is 1.60. The molecule has 4 nitrogen and oxygen atoms in total. The summed E-state index contributed by atoms with van der Waals surface area (Å²) in [6, 6.07) is 5.99. The predicted octanol–water partition coefficient (Wildman–Crippen LogP) is 2.01. The van der Waals surface area contributed by atoms with E-state index in [1.54, 1.807) is 25.4 Å². The Morgan fingerprint density at radius 3 is 2.88 bits per heavy atom. The van der Waals surface area contributed by atoms with Crippen molar-refractivity contribution in [2.24, 2.45) is 7.05 Å². The Morgan fingerprint density at radius 1 is 1.47 bits per heavy atom. The second kappa shape index (κ2) is 4.37. The fraction of sp³-hybridized carbons (Fsp3) is 0.167. The van der Waals surface area contributed by atoms with Gasteiger partial charge in [-0.05, 0) is 17.7 Å². The molecule has 2 rings (SSSR count). The molecule has 5 heteroatoms. The number of esters is 1. The number of carbonyl (C=O) groups excluding carboxylic acids is 1. The van der Waals surface area contributed by atoms with E-state index in [9.17, 15) is 9.18 Å². The van der Waals surface area contributed by atoms with Gasteiger partial charge in [0.15, 0.2) is 5.69 Å². The average Bonchev–Trinajstić information content (AvgIpc) is 2.70. The van der Waals surface area contributed by atoms with E-state index < -0.39 is 5.97 Å². The number of nitrogens with zero attached hydrogens (tertiary/aromatic N) is 2. The molecule has 2 aromatic rings. The molecular formula is C12H11FN2O2. The molecule has 0 aliphatic heterocycles. The van der Waals surface area contributed by atoms with Crippen LogP contribution in [0, 0.1) is 5.82 Å². The number of rotatable bonds is 2. The lowest BCUT2D eigenvalue weighted by Crippen LogP contribution is -2.04. The molecule has 1 aromatic carbocycles. The van der Waals surface area contributed by atoms with Gasteiger partial charge in [0, 0.05) is 18.8 Å². The zero-order valence-electron chi connectivity index (χ0n) is 9.48. The molecule has 0 atom stereocenters. The number of halogens is 1. The number of aromatic nitrogens is 2. The van der Waals surface area contributed by atoms with Crippen LogP contribution in [0.3, 0.4) is 0 Å². The van der Waals surface area contributed by atoms with Crippen LogP contribution in [0.5, 0.6) is 0 Å². The highest BCUT2D eigenvalue weighted by Crippen LogP contribution is 2.23. The largest absolute Gasteiger partial charge is 0.464 e. The highest BCUT2D eigenvalue weighted by Gasteiger charge is 2.17. The monoisotopic (exact) mass is 234 g/mol. The van der Waals surface area contributed by atoms with Gasteiger partial charge in [-0.15, -0.1) is 0 Å². The van der Waals surface area contributed by atoms with Gasteiger partial charge in [-0.25, -0.2) is 9.18 Å². The predicted molar refractivity (Wildman–Crippen MR) is 59.9 cm³/mol. The highest BCUT2D eigenvalue weighted by atomic mass is 19.1. The van der Waals surface area contributed by atoms with Crippen LogP contribution in [-0.4, -0.2) is 22.9 Å². The molecule has 0 amide bonds. The molecule has 17 heavy (non-hydrogen) atoms. The second-order valence-electron chi connectivity index (χ2n) is 3.57. The van der Waals surface area contributed by atoms with Crippen molar-refractivity contribution < 1.29 is 13.9 Å². The van der Waals surface area contributed by atoms with E-state index in [-0.39, 0.29) is 11.5 Å². The van der Waals surface area contributed by atoms with Gasteiger partial charge < -0.3 is 4.74 Å². The van der Waals surface area contributed by atoms with Crippen molar-refractivity contribution in [3.8, 4) is 11.1 Å². The quantitative estimate of drug-likeness (QED) is 0.746. The molecule has 0 bridgehead atoms. The first-order valence-electron chi connectivity index (χ1n) is 4.99. The molecular weight excluding hydrogens is 223 g/mol. The summed E-state index contributed by atoms with van der Waals surface area (Å²) in [7, 11) is 2.97. The first kappa shape index (κ1) is 11.3. The maximum absolute atomic E-state index is 13.1. The summed E-state index contributed by atoms with van der Waals surface area (Å²) in [5, 5.41) is 4.01. The topological polar surface area (TPSA) is 44.1 Å². The third-order valence-electron chi connectivity index (χ3n) is 2.34. The number of hydrogen-bond acceptors (Lipinski definition) is 3. The van der Waals surface area contributed by atoms with E-state index in [0.29, 0.717) is 11.1 Å². The first-order valence-corrected chi connectivity index (χ1v) is 4.99. The lowest BCUT2D eigenvalue weighted by Gasteiger charge is -2.00. The number of ether oxygens (including phenoxy) is 1.